The minimum absolute atomic E-state index is 0.411. The Labute approximate surface area is 99.8 Å². The Hall–Kier alpha value is -0.870. The van der Waals surface area contributed by atoms with Crippen LogP contribution in [-0.4, -0.2) is 29.3 Å². The predicted molar refractivity (Wildman–Crippen MR) is 63.4 cm³/mol. The van der Waals surface area contributed by atoms with Crippen molar-refractivity contribution in [3.8, 4) is 0 Å². The largest absolute Gasteiger partial charge is 0.355 e. The van der Waals surface area contributed by atoms with E-state index in [1.807, 2.05) is 6.07 Å². The van der Waals surface area contributed by atoms with Crippen LogP contribution in [0.4, 0.5) is 5.82 Å². The van der Waals surface area contributed by atoms with Gasteiger partial charge in [-0.3, -0.25) is 0 Å². The van der Waals surface area contributed by atoms with E-state index >= 15 is 0 Å². The third-order valence-corrected chi connectivity index (χ3v) is 3.93. The predicted octanol–water partition coefficient (Wildman–Crippen LogP) is 1.30. The summed E-state index contributed by atoms with van der Waals surface area (Å²) >= 11 is 5.72. The molecule has 16 heavy (non-hydrogen) atoms. The molecule has 1 aliphatic heterocycles. The summed E-state index contributed by atoms with van der Waals surface area (Å²) < 4.78 is 0. The molecule has 2 heterocycles. The van der Waals surface area contributed by atoms with Gasteiger partial charge in [-0.25, -0.2) is 0 Å². The Kier molecular flexibility index (Phi) is 2.48. The molecular weight excluding hydrogens is 224 g/mol. The average Bonchev–Trinajstić information content (AvgIpc) is 2.75. The Morgan fingerprint density at radius 2 is 1.88 bits per heavy atom. The number of nitrogens with zero attached hydrogens (tertiary/aromatic N) is 3. The third-order valence-electron chi connectivity index (χ3n) is 3.73. The Morgan fingerprint density at radius 1 is 1.19 bits per heavy atom. The molecule has 5 heteroatoms. The van der Waals surface area contributed by atoms with E-state index in [1.54, 1.807) is 6.07 Å². The molecule has 0 spiro atoms. The lowest BCUT2D eigenvalue weighted by Gasteiger charge is -2.18. The summed E-state index contributed by atoms with van der Waals surface area (Å²) in [6.45, 7) is 2.13. The Balaban J connectivity index is 1.73. The Bertz CT molecular complexity index is 366. The van der Waals surface area contributed by atoms with Gasteiger partial charge in [0.25, 0.3) is 0 Å². The summed E-state index contributed by atoms with van der Waals surface area (Å²) in [5.74, 6) is 2.42. The molecule has 0 amide bonds. The van der Waals surface area contributed by atoms with Gasteiger partial charge in [-0.05, 0) is 36.8 Å². The fourth-order valence-electron chi connectivity index (χ4n) is 3.01. The molecule has 86 valence electrons. The van der Waals surface area contributed by atoms with Gasteiger partial charge >= 0.3 is 0 Å². The molecule has 2 N–H and O–H groups in total. The molecule has 2 unspecified atom stereocenters. The van der Waals surface area contributed by atoms with Gasteiger partial charge in [0.1, 0.15) is 0 Å². The van der Waals surface area contributed by atoms with Crippen LogP contribution in [0.25, 0.3) is 0 Å². The lowest BCUT2D eigenvalue weighted by molar-refractivity contribution is 0.494. The molecule has 0 radical (unpaired) electrons. The highest BCUT2D eigenvalue weighted by Crippen LogP contribution is 2.38. The van der Waals surface area contributed by atoms with Crippen LogP contribution in [0, 0.1) is 11.8 Å². The van der Waals surface area contributed by atoms with Crippen LogP contribution in [-0.2, 0) is 0 Å². The normalized spacial score (nSPS) is 33.1. The maximum Gasteiger partial charge on any atom is 0.151 e. The van der Waals surface area contributed by atoms with Gasteiger partial charge in [-0.1, -0.05) is 11.6 Å². The first-order valence-corrected chi connectivity index (χ1v) is 6.10. The lowest BCUT2D eigenvalue weighted by atomic mass is 10.0. The first-order valence-electron chi connectivity index (χ1n) is 5.72. The van der Waals surface area contributed by atoms with Crippen molar-refractivity contribution in [3.63, 3.8) is 0 Å². The highest BCUT2D eigenvalue weighted by Gasteiger charge is 2.39. The van der Waals surface area contributed by atoms with Crippen LogP contribution in [0.2, 0.25) is 5.15 Å². The van der Waals surface area contributed by atoms with Crippen LogP contribution in [0.3, 0.4) is 0 Å². The lowest BCUT2D eigenvalue weighted by Crippen LogP contribution is -2.25. The van der Waals surface area contributed by atoms with Gasteiger partial charge in [0.2, 0.25) is 0 Å². The van der Waals surface area contributed by atoms with Crippen molar-refractivity contribution in [1.29, 1.82) is 0 Å². The highest BCUT2D eigenvalue weighted by molar-refractivity contribution is 6.29. The standard InChI is InChI=1S/C11H15ClN4/c12-10-1-2-11(15-14-10)16-5-7-3-9(13)4-8(7)6-16/h1-2,7-9H,3-6,13H2. The summed E-state index contributed by atoms with van der Waals surface area (Å²) in [4.78, 5) is 2.30. The van der Waals surface area contributed by atoms with E-state index in [9.17, 15) is 0 Å². The van der Waals surface area contributed by atoms with Gasteiger partial charge in [0.05, 0.1) is 0 Å². The fraction of sp³-hybridized carbons (Fsp3) is 0.636. The zero-order chi connectivity index (χ0) is 11.1. The number of aromatic nitrogens is 2. The maximum absolute atomic E-state index is 5.97. The zero-order valence-electron chi connectivity index (χ0n) is 9.01. The van der Waals surface area contributed by atoms with Gasteiger partial charge < -0.3 is 10.6 Å². The fourth-order valence-corrected chi connectivity index (χ4v) is 3.11. The topological polar surface area (TPSA) is 55.0 Å². The third kappa shape index (κ3) is 1.76. The minimum atomic E-state index is 0.411. The van der Waals surface area contributed by atoms with Crippen LogP contribution in [0.5, 0.6) is 0 Å². The van der Waals surface area contributed by atoms with Crippen molar-refractivity contribution in [1.82, 2.24) is 10.2 Å². The van der Waals surface area contributed by atoms with E-state index in [-0.39, 0.29) is 0 Å². The SMILES string of the molecule is NC1CC2CN(c3ccc(Cl)nn3)CC2C1. The molecule has 2 atom stereocenters. The monoisotopic (exact) mass is 238 g/mol. The molecular formula is C11H15ClN4. The molecule has 1 saturated heterocycles. The molecule has 1 aromatic heterocycles. The molecule has 0 aromatic carbocycles. The van der Waals surface area contributed by atoms with E-state index in [0.29, 0.717) is 11.2 Å². The van der Waals surface area contributed by atoms with E-state index in [0.717, 1.165) is 43.6 Å². The molecule has 0 bridgehead atoms. The summed E-state index contributed by atoms with van der Waals surface area (Å²) in [7, 11) is 0. The summed E-state index contributed by atoms with van der Waals surface area (Å²) in [5, 5.41) is 8.45. The second-order valence-electron chi connectivity index (χ2n) is 4.87. The Morgan fingerprint density at radius 3 is 2.44 bits per heavy atom. The first-order chi connectivity index (χ1) is 7.72. The van der Waals surface area contributed by atoms with Crippen LogP contribution < -0.4 is 10.6 Å². The molecule has 2 fully saturated rings. The molecule has 1 aliphatic carbocycles. The molecule has 3 rings (SSSR count). The van der Waals surface area contributed by atoms with Crippen molar-refractivity contribution in [2.45, 2.75) is 18.9 Å². The van der Waals surface area contributed by atoms with Crippen LogP contribution >= 0.6 is 11.6 Å². The van der Waals surface area contributed by atoms with Gasteiger partial charge in [-0.2, -0.15) is 0 Å². The number of nitrogens with two attached hydrogens (primary N) is 1. The van der Waals surface area contributed by atoms with Gasteiger partial charge in [-0.15, -0.1) is 10.2 Å². The number of hydrogen-bond acceptors (Lipinski definition) is 4. The van der Waals surface area contributed by atoms with Gasteiger partial charge in [0, 0.05) is 19.1 Å². The minimum Gasteiger partial charge on any atom is -0.355 e. The van der Waals surface area contributed by atoms with Crippen molar-refractivity contribution < 1.29 is 0 Å². The van der Waals surface area contributed by atoms with E-state index in [2.05, 4.69) is 15.1 Å². The van der Waals surface area contributed by atoms with Crippen molar-refractivity contribution >= 4 is 17.4 Å². The second kappa shape index (κ2) is 3.86. The number of hydrogen-bond donors (Lipinski definition) is 1. The zero-order valence-corrected chi connectivity index (χ0v) is 9.77. The maximum atomic E-state index is 5.97. The van der Waals surface area contributed by atoms with Gasteiger partial charge in [0.15, 0.2) is 11.0 Å². The molecule has 1 aromatic rings. The van der Waals surface area contributed by atoms with Crippen molar-refractivity contribution in [2.75, 3.05) is 18.0 Å². The number of fused-ring (bicyclic) bond motifs is 1. The molecule has 2 aliphatic rings. The highest BCUT2D eigenvalue weighted by atomic mass is 35.5. The quantitative estimate of drug-likeness (QED) is 0.802. The van der Waals surface area contributed by atoms with Crippen LogP contribution in [0.15, 0.2) is 12.1 Å². The summed E-state index contributed by atoms with van der Waals surface area (Å²) in [5.41, 5.74) is 5.97. The summed E-state index contributed by atoms with van der Waals surface area (Å²) in [6, 6.07) is 4.15. The molecule has 1 saturated carbocycles. The second-order valence-corrected chi connectivity index (χ2v) is 5.26. The van der Waals surface area contributed by atoms with Crippen molar-refractivity contribution in [2.24, 2.45) is 17.6 Å². The summed E-state index contributed by atoms with van der Waals surface area (Å²) in [6.07, 6.45) is 2.31. The first kappa shape index (κ1) is 10.3. The van der Waals surface area contributed by atoms with E-state index in [1.165, 1.54) is 0 Å². The smallest absolute Gasteiger partial charge is 0.151 e. The van der Waals surface area contributed by atoms with Crippen molar-refractivity contribution in [3.05, 3.63) is 17.3 Å². The number of halogens is 1. The van der Waals surface area contributed by atoms with E-state index < -0.39 is 0 Å². The van der Waals surface area contributed by atoms with Crippen LogP contribution in [0.1, 0.15) is 12.8 Å². The number of anilines is 1. The van der Waals surface area contributed by atoms with E-state index in [4.69, 9.17) is 17.3 Å². The average molecular weight is 239 g/mol. The number of rotatable bonds is 1. The molecule has 4 nitrogen and oxygen atoms in total.